The molecule has 4 aromatic rings. The molecule has 6 heterocycles. The number of aromatic hydroxyl groups is 1. The normalized spacial score (nSPS) is 19.4. The number of rotatable bonds is 16. The Morgan fingerprint density at radius 1 is 0.897 bits per heavy atom. The van der Waals surface area contributed by atoms with Gasteiger partial charge in [0.1, 0.15) is 30.3 Å². The van der Waals surface area contributed by atoms with Gasteiger partial charge in [0, 0.05) is 97.3 Å². The predicted octanol–water partition coefficient (Wildman–Crippen LogP) is 3.66. The Bertz CT molecular complexity index is 2620. The number of thioether (sulfide) groups is 1. The van der Waals surface area contributed by atoms with Gasteiger partial charge in [0.15, 0.2) is 5.13 Å². The molecule has 0 bridgehead atoms. The van der Waals surface area contributed by atoms with Crippen molar-refractivity contribution < 1.29 is 52.5 Å². The molecule has 5 aliphatic rings. The van der Waals surface area contributed by atoms with E-state index in [1.54, 1.807) is 23.6 Å². The van der Waals surface area contributed by atoms with E-state index in [1.807, 2.05) is 23.1 Å². The molecule has 18 nitrogen and oxygen atoms in total. The summed E-state index contributed by atoms with van der Waals surface area (Å²) in [6.07, 6.45) is 3.47. The van der Waals surface area contributed by atoms with Gasteiger partial charge in [-0.15, -0.1) is 23.1 Å². The number of fused-ring (bicyclic) bond motifs is 2. The van der Waals surface area contributed by atoms with Crippen molar-refractivity contribution in [1.82, 2.24) is 29.9 Å². The first kappa shape index (κ1) is 46.8. The van der Waals surface area contributed by atoms with E-state index in [2.05, 4.69) is 25.4 Å². The standard InChI is InChI=1S/C47H49FN8O10S2/c48-29-5-8-36(57)34(24-29)41(43(61)51-47-49-12-22-68-47)55-26-28-4-6-31(25-33(28)44(55)62)52-13-10-30(11-14-52)53-15-17-54(18-16-53)39(59)27-66-20-19-65-21-23-67-37-3-1-2-32-40(37)46(64)56(45(32)63)35-7-9-38(58)50-42(35)60/h1-6,8,12,22,24-25,30,35,41,57H,7,9-11,13-21,23,26-27H2,(H,49,51,61)(H,50,58,60). The second-order valence-electron chi connectivity index (χ2n) is 17.0. The number of phenolic OH excluding ortho intramolecular Hbond substituents is 1. The molecule has 5 aliphatic heterocycles. The van der Waals surface area contributed by atoms with Crippen molar-refractivity contribution in [3.63, 3.8) is 0 Å². The van der Waals surface area contributed by atoms with Crippen molar-refractivity contribution >= 4 is 75.3 Å². The maximum Gasteiger partial charge on any atom is 0.263 e. The summed E-state index contributed by atoms with van der Waals surface area (Å²) in [5, 5.41) is 17.6. The quantitative estimate of drug-likeness (QED) is 0.0832. The number of carbonyl (C=O) groups is 7. The fourth-order valence-electron chi connectivity index (χ4n) is 9.48. The van der Waals surface area contributed by atoms with E-state index < -0.39 is 53.3 Å². The number of phenols is 1. The molecule has 3 saturated heterocycles. The molecule has 356 valence electrons. The third kappa shape index (κ3) is 9.84. The summed E-state index contributed by atoms with van der Waals surface area (Å²) in [7, 11) is 0. The van der Waals surface area contributed by atoms with E-state index in [0.717, 1.165) is 67.3 Å². The van der Waals surface area contributed by atoms with Gasteiger partial charge in [0.25, 0.3) is 23.6 Å². The highest BCUT2D eigenvalue weighted by Gasteiger charge is 2.46. The molecule has 0 spiro atoms. The van der Waals surface area contributed by atoms with Gasteiger partial charge in [0.05, 0.1) is 30.9 Å². The number of nitrogens with zero attached hydrogens (tertiary/aromatic N) is 6. The molecular weight excluding hydrogens is 920 g/mol. The number of ether oxygens (including phenoxy) is 2. The number of piperidine rings is 2. The van der Waals surface area contributed by atoms with Crippen LogP contribution in [0, 0.1) is 5.82 Å². The molecule has 68 heavy (non-hydrogen) atoms. The molecule has 3 fully saturated rings. The number of halogens is 1. The van der Waals surface area contributed by atoms with Gasteiger partial charge in [-0.05, 0) is 67.3 Å². The highest BCUT2D eigenvalue weighted by molar-refractivity contribution is 7.99. The van der Waals surface area contributed by atoms with Crippen LogP contribution in [0.2, 0.25) is 0 Å². The Kier molecular flexibility index (Phi) is 14.1. The van der Waals surface area contributed by atoms with E-state index in [1.165, 1.54) is 40.3 Å². The first-order valence-corrected chi connectivity index (χ1v) is 24.3. The second kappa shape index (κ2) is 20.5. The molecule has 2 unspecified atom stereocenters. The van der Waals surface area contributed by atoms with Gasteiger partial charge in [-0.25, -0.2) is 9.37 Å². The fourth-order valence-corrected chi connectivity index (χ4v) is 11.0. The van der Waals surface area contributed by atoms with Crippen LogP contribution in [-0.4, -0.2) is 155 Å². The van der Waals surface area contributed by atoms with Crippen molar-refractivity contribution in [1.29, 1.82) is 0 Å². The van der Waals surface area contributed by atoms with E-state index in [4.69, 9.17) is 9.47 Å². The molecule has 9 rings (SSSR count). The highest BCUT2D eigenvalue weighted by Crippen LogP contribution is 2.39. The van der Waals surface area contributed by atoms with Gasteiger partial charge in [-0.3, -0.25) is 54.0 Å². The molecule has 3 N–H and O–H groups in total. The third-order valence-corrected chi connectivity index (χ3v) is 14.7. The molecular formula is C47H49FN8O10S2. The minimum Gasteiger partial charge on any atom is -0.508 e. The Morgan fingerprint density at radius 3 is 2.46 bits per heavy atom. The molecule has 0 radical (unpaired) electrons. The maximum atomic E-state index is 14.4. The maximum absolute atomic E-state index is 14.4. The summed E-state index contributed by atoms with van der Waals surface area (Å²) < 4.78 is 25.8. The van der Waals surface area contributed by atoms with Crippen molar-refractivity contribution in [3.05, 3.63) is 99.8 Å². The van der Waals surface area contributed by atoms with Gasteiger partial charge >= 0.3 is 0 Å². The van der Waals surface area contributed by atoms with Crippen LogP contribution in [0.5, 0.6) is 5.75 Å². The zero-order valence-electron chi connectivity index (χ0n) is 36.9. The molecule has 7 amide bonds. The zero-order valence-corrected chi connectivity index (χ0v) is 38.5. The van der Waals surface area contributed by atoms with Crippen molar-refractivity contribution in [3.8, 4) is 5.75 Å². The van der Waals surface area contributed by atoms with E-state index in [9.17, 15) is 43.1 Å². The highest BCUT2D eigenvalue weighted by atomic mass is 32.2. The van der Waals surface area contributed by atoms with Crippen LogP contribution in [-0.2, 0) is 35.2 Å². The van der Waals surface area contributed by atoms with Crippen molar-refractivity contribution in [2.45, 2.75) is 55.2 Å². The van der Waals surface area contributed by atoms with E-state index in [-0.39, 0.29) is 67.6 Å². The van der Waals surface area contributed by atoms with Gasteiger partial charge in [-0.1, -0.05) is 12.1 Å². The summed E-state index contributed by atoms with van der Waals surface area (Å²) in [6.45, 7) is 5.10. The summed E-state index contributed by atoms with van der Waals surface area (Å²) >= 11 is 2.56. The molecule has 0 aliphatic carbocycles. The summed E-state index contributed by atoms with van der Waals surface area (Å²) in [6, 6.07) is 12.1. The second-order valence-corrected chi connectivity index (χ2v) is 19.0. The minimum absolute atomic E-state index is 0.0216. The van der Waals surface area contributed by atoms with Crippen LogP contribution in [0.1, 0.15) is 73.9 Å². The Labute approximate surface area is 398 Å². The number of piperazine rings is 1. The number of amides is 7. The first-order valence-electron chi connectivity index (χ1n) is 22.5. The third-order valence-electron chi connectivity index (χ3n) is 13.0. The number of carbonyl (C=O) groups excluding carboxylic acids is 7. The minimum atomic E-state index is -1.31. The number of anilines is 2. The smallest absolute Gasteiger partial charge is 0.263 e. The number of hydrogen-bond acceptors (Lipinski definition) is 15. The largest absolute Gasteiger partial charge is 0.508 e. The molecule has 0 saturated carbocycles. The van der Waals surface area contributed by atoms with E-state index in [0.29, 0.717) is 47.1 Å². The zero-order chi connectivity index (χ0) is 47.5. The van der Waals surface area contributed by atoms with Crippen LogP contribution in [0.4, 0.5) is 15.2 Å². The number of nitrogens with one attached hydrogen (secondary N) is 2. The SMILES string of the molecule is O=C1CCC(N2C(=O)c3cccc(SCCOCCOCC(=O)N4CCN(C5CCN(c6ccc7c(c6)C(=O)N(C(C(=O)Nc6nccs6)c6cc(F)ccc6O)C7)CC5)CC4)c3C2=O)C(=O)N1. The fraction of sp³-hybridized carbons (Fsp3) is 0.404. The molecule has 2 atom stereocenters. The number of thiazole rings is 1. The monoisotopic (exact) mass is 968 g/mol. The van der Waals surface area contributed by atoms with Crippen LogP contribution in [0.15, 0.2) is 71.1 Å². The number of imide groups is 2. The lowest BCUT2D eigenvalue weighted by Crippen LogP contribution is -2.54. The average molecular weight is 969 g/mol. The summed E-state index contributed by atoms with van der Waals surface area (Å²) in [5.41, 5.74) is 2.53. The lowest BCUT2D eigenvalue weighted by Gasteiger charge is -2.43. The lowest BCUT2D eigenvalue weighted by atomic mass is 10.0. The number of hydrogen-bond donors (Lipinski definition) is 3. The van der Waals surface area contributed by atoms with Gasteiger partial charge in [-0.2, -0.15) is 0 Å². The van der Waals surface area contributed by atoms with Crippen LogP contribution in [0.25, 0.3) is 0 Å². The van der Waals surface area contributed by atoms with Gasteiger partial charge < -0.3 is 29.3 Å². The average Bonchev–Trinajstić information content (AvgIpc) is 4.04. The Balaban J connectivity index is 0.681. The molecule has 3 aromatic carbocycles. The van der Waals surface area contributed by atoms with Crippen LogP contribution < -0.4 is 15.5 Å². The predicted molar refractivity (Wildman–Crippen MR) is 247 cm³/mol. The molecule has 1 aromatic heterocycles. The summed E-state index contributed by atoms with van der Waals surface area (Å²) in [4.78, 5) is 105. The van der Waals surface area contributed by atoms with Gasteiger partial charge in [0.2, 0.25) is 17.7 Å². The lowest BCUT2D eigenvalue weighted by molar-refractivity contribution is -0.139. The Hall–Kier alpha value is -6.26. The number of benzene rings is 3. The summed E-state index contributed by atoms with van der Waals surface area (Å²) in [5.74, 6) is -3.74. The Morgan fingerprint density at radius 2 is 1.69 bits per heavy atom. The van der Waals surface area contributed by atoms with Crippen molar-refractivity contribution in [2.75, 3.05) is 81.7 Å². The number of aromatic nitrogens is 1. The van der Waals surface area contributed by atoms with Crippen molar-refractivity contribution in [2.24, 2.45) is 0 Å². The van der Waals surface area contributed by atoms with Crippen LogP contribution >= 0.6 is 23.1 Å². The topological polar surface area (TPSA) is 211 Å². The first-order chi connectivity index (χ1) is 32.9. The van der Waals surface area contributed by atoms with E-state index >= 15 is 0 Å². The van der Waals surface area contributed by atoms with Crippen LogP contribution in [0.3, 0.4) is 0 Å². The molecule has 21 heteroatoms.